The predicted molar refractivity (Wildman–Crippen MR) is 105 cm³/mol. The molecule has 1 aliphatic heterocycles. The Morgan fingerprint density at radius 2 is 2.11 bits per heavy atom. The molecule has 0 saturated carbocycles. The number of halogens is 1. The summed E-state index contributed by atoms with van der Waals surface area (Å²) in [6, 6.07) is 10.3. The lowest BCUT2D eigenvalue weighted by molar-refractivity contribution is 0.286. The maximum atomic E-state index is 12.9. The summed E-state index contributed by atoms with van der Waals surface area (Å²) in [5, 5.41) is 8.72. The first-order valence-corrected chi connectivity index (χ1v) is 11.2. The topological polar surface area (TPSA) is 76.3 Å². The summed E-state index contributed by atoms with van der Waals surface area (Å²) in [6.45, 7) is 2.81. The first-order chi connectivity index (χ1) is 12.9. The molecule has 2 aromatic heterocycles. The summed E-state index contributed by atoms with van der Waals surface area (Å²) in [6.07, 6.45) is 1.55. The highest BCUT2D eigenvalue weighted by molar-refractivity contribution is 7.89. The number of aromatic nitrogens is 2. The Kier molecular flexibility index (Phi) is 5.07. The maximum absolute atomic E-state index is 12.9. The summed E-state index contributed by atoms with van der Waals surface area (Å²) in [5.41, 5.74) is 0. The summed E-state index contributed by atoms with van der Waals surface area (Å²) in [7, 11) is -3.61. The van der Waals surface area contributed by atoms with Crippen molar-refractivity contribution in [1.82, 2.24) is 14.5 Å². The van der Waals surface area contributed by atoms with Crippen molar-refractivity contribution in [2.75, 3.05) is 13.1 Å². The van der Waals surface area contributed by atoms with Crippen LogP contribution in [-0.4, -0.2) is 36.0 Å². The third kappa shape index (κ3) is 3.80. The molecule has 3 aromatic rings. The highest BCUT2D eigenvalue weighted by Crippen LogP contribution is 2.33. The van der Waals surface area contributed by atoms with E-state index in [1.54, 1.807) is 29.5 Å². The van der Waals surface area contributed by atoms with E-state index in [2.05, 4.69) is 10.2 Å². The standard InChI is InChI=1S/C18H18ClN3O3S2/c1-12-7-8-16(26-12)18-21-20-17(25-18)13-4-3-9-22(11-13)27(23,24)15-6-2-5-14(19)10-15/h2,5-8,10,13H,3-4,9,11H2,1H3/t13-/m1/s1. The number of hydrogen-bond acceptors (Lipinski definition) is 6. The zero-order chi connectivity index (χ0) is 19.0. The monoisotopic (exact) mass is 423 g/mol. The van der Waals surface area contributed by atoms with Gasteiger partial charge in [0.15, 0.2) is 0 Å². The van der Waals surface area contributed by atoms with Crippen LogP contribution in [0.5, 0.6) is 0 Å². The number of thiophene rings is 1. The minimum absolute atomic E-state index is 0.116. The second-order valence-corrected chi connectivity index (χ2v) is 10.2. The molecule has 142 valence electrons. The Morgan fingerprint density at radius 1 is 1.26 bits per heavy atom. The minimum atomic E-state index is -3.61. The zero-order valence-corrected chi connectivity index (χ0v) is 17.0. The van der Waals surface area contributed by atoms with Crippen LogP contribution in [-0.2, 0) is 10.0 Å². The number of nitrogens with zero attached hydrogens (tertiary/aromatic N) is 3. The van der Waals surface area contributed by atoms with Crippen molar-refractivity contribution in [3.8, 4) is 10.8 Å². The molecule has 27 heavy (non-hydrogen) atoms. The van der Waals surface area contributed by atoms with Gasteiger partial charge in [0.05, 0.1) is 15.7 Å². The summed E-state index contributed by atoms with van der Waals surface area (Å²) in [5.74, 6) is 0.856. The van der Waals surface area contributed by atoms with Gasteiger partial charge < -0.3 is 4.42 Å². The number of piperidine rings is 1. The molecule has 0 radical (unpaired) electrons. The second-order valence-electron chi connectivity index (χ2n) is 6.52. The van der Waals surface area contributed by atoms with Gasteiger partial charge in [0.1, 0.15) is 0 Å². The molecular formula is C18H18ClN3O3S2. The van der Waals surface area contributed by atoms with Crippen LogP contribution in [0, 0.1) is 6.92 Å². The molecular weight excluding hydrogens is 406 g/mol. The largest absolute Gasteiger partial charge is 0.420 e. The Hall–Kier alpha value is -1.74. The highest BCUT2D eigenvalue weighted by atomic mass is 35.5. The number of hydrogen-bond donors (Lipinski definition) is 0. The number of sulfonamides is 1. The average Bonchev–Trinajstić information content (AvgIpc) is 3.31. The molecule has 0 spiro atoms. The Morgan fingerprint density at radius 3 is 2.85 bits per heavy atom. The Bertz CT molecular complexity index is 1060. The highest BCUT2D eigenvalue weighted by Gasteiger charge is 2.33. The van der Waals surface area contributed by atoms with Crippen molar-refractivity contribution in [2.45, 2.75) is 30.6 Å². The number of aryl methyl sites for hydroxylation is 1. The van der Waals surface area contributed by atoms with Gasteiger partial charge in [-0.2, -0.15) is 4.31 Å². The minimum Gasteiger partial charge on any atom is -0.420 e. The molecule has 1 aromatic carbocycles. The van der Waals surface area contributed by atoms with E-state index in [4.69, 9.17) is 16.0 Å². The van der Waals surface area contributed by atoms with Crippen LogP contribution in [0.4, 0.5) is 0 Å². The van der Waals surface area contributed by atoms with Gasteiger partial charge in [-0.1, -0.05) is 17.7 Å². The molecule has 0 N–H and O–H groups in total. The fraction of sp³-hybridized carbons (Fsp3) is 0.333. The van der Waals surface area contributed by atoms with E-state index < -0.39 is 10.0 Å². The van der Waals surface area contributed by atoms with E-state index in [1.807, 2.05) is 19.1 Å². The van der Waals surface area contributed by atoms with Crippen LogP contribution < -0.4 is 0 Å². The van der Waals surface area contributed by atoms with E-state index >= 15 is 0 Å². The summed E-state index contributed by atoms with van der Waals surface area (Å²) >= 11 is 7.55. The molecule has 1 atom stereocenters. The number of benzene rings is 1. The molecule has 3 heterocycles. The van der Waals surface area contributed by atoms with Crippen LogP contribution in [0.2, 0.25) is 5.02 Å². The molecule has 9 heteroatoms. The van der Waals surface area contributed by atoms with E-state index in [-0.39, 0.29) is 10.8 Å². The van der Waals surface area contributed by atoms with E-state index in [0.29, 0.717) is 29.9 Å². The smallest absolute Gasteiger partial charge is 0.257 e. The van der Waals surface area contributed by atoms with Crippen molar-refractivity contribution < 1.29 is 12.8 Å². The van der Waals surface area contributed by atoms with Crippen molar-refractivity contribution in [2.24, 2.45) is 0 Å². The van der Waals surface area contributed by atoms with Gasteiger partial charge in [-0.3, -0.25) is 0 Å². The fourth-order valence-corrected chi connectivity index (χ4v) is 5.80. The van der Waals surface area contributed by atoms with E-state index in [1.165, 1.54) is 15.2 Å². The zero-order valence-electron chi connectivity index (χ0n) is 14.6. The third-order valence-corrected chi connectivity index (χ3v) is 7.64. The van der Waals surface area contributed by atoms with E-state index in [9.17, 15) is 8.42 Å². The van der Waals surface area contributed by atoms with E-state index in [0.717, 1.165) is 17.7 Å². The van der Waals surface area contributed by atoms with Gasteiger partial charge in [-0.25, -0.2) is 8.42 Å². The van der Waals surface area contributed by atoms with Crippen molar-refractivity contribution in [3.05, 3.63) is 52.2 Å². The SMILES string of the molecule is Cc1ccc(-c2nnc([C@@H]3CCCN(S(=O)(=O)c4cccc(Cl)c4)C3)o2)s1. The predicted octanol–water partition coefficient (Wildman–Crippen LogP) is 4.33. The first-order valence-electron chi connectivity index (χ1n) is 8.59. The Labute approximate surface area is 166 Å². The molecule has 4 rings (SSSR count). The van der Waals surface area contributed by atoms with Gasteiger partial charge in [-0.05, 0) is 50.1 Å². The number of rotatable bonds is 4. The lowest BCUT2D eigenvalue weighted by Gasteiger charge is -2.30. The van der Waals surface area contributed by atoms with Gasteiger partial charge >= 0.3 is 0 Å². The third-order valence-electron chi connectivity index (χ3n) is 4.56. The van der Waals surface area contributed by atoms with Crippen molar-refractivity contribution in [3.63, 3.8) is 0 Å². The summed E-state index contributed by atoms with van der Waals surface area (Å²) < 4.78 is 33.2. The van der Waals surface area contributed by atoms with Crippen LogP contribution in [0.1, 0.15) is 29.5 Å². The Balaban J connectivity index is 1.56. The molecule has 0 bridgehead atoms. The van der Waals surface area contributed by atoms with Gasteiger partial charge in [0.25, 0.3) is 5.89 Å². The molecule has 1 saturated heterocycles. The lowest BCUT2D eigenvalue weighted by Crippen LogP contribution is -2.39. The van der Waals surface area contributed by atoms with Crippen LogP contribution in [0.25, 0.3) is 10.8 Å². The summed E-state index contributed by atoms with van der Waals surface area (Å²) in [4.78, 5) is 2.29. The average molecular weight is 424 g/mol. The maximum Gasteiger partial charge on any atom is 0.257 e. The molecule has 0 aliphatic carbocycles. The molecule has 1 fully saturated rings. The molecule has 0 unspecified atom stereocenters. The molecule has 0 amide bonds. The van der Waals surface area contributed by atoms with Crippen molar-refractivity contribution >= 4 is 33.0 Å². The first kappa shape index (κ1) is 18.6. The van der Waals surface area contributed by atoms with Gasteiger partial charge in [-0.15, -0.1) is 21.5 Å². The van der Waals surface area contributed by atoms with Crippen LogP contribution in [0.3, 0.4) is 0 Å². The second kappa shape index (κ2) is 7.35. The molecule has 6 nitrogen and oxygen atoms in total. The van der Waals surface area contributed by atoms with Crippen LogP contribution in [0.15, 0.2) is 45.7 Å². The van der Waals surface area contributed by atoms with Crippen molar-refractivity contribution in [1.29, 1.82) is 0 Å². The van der Waals surface area contributed by atoms with Gasteiger partial charge in [0, 0.05) is 23.0 Å². The molecule has 1 aliphatic rings. The van der Waals surface area contributed by atoms with Gasteiger partial charge in [0.2, 0.25) is 15.9 Å². The normalized spacial score (nSPS) is 18.7. The van der Waals surface area contributed by atoms with Crippen LogP contribution >= 0.6 is 22.9 Å². The fourth-order valence-electron chi connectivity index (χ4n) is 3.19. The quantitative estimate of drug-likeness (QED) is 0.624. The lowest BCUT2D eigenvalue weighted by atomic mass is 10.00.